The fourth-order valence-electron chi connectivity index (χ4n) is 3.09. The molecule has 0 fully saturated rings. The Labute approximate surface area is 181 Å². The van der Waals surface area contributed by atoms with Crippen molar-refractivity contribution in [2.75, 3.05) is 11.2 Å². The molecule has 0 unspecified atom stereocenters. The lowest BCUT2D eigenvalue weighted by molar-refractivity contribution is -0.384. The van der Waals surface area contributed by atoms with E-state index >= 15 is 0 Å². The molecule has 0 aliphatic carbocycles. The van der Waals surface area contributed by atoms with E-state index in [0.29, 0.717) is 11.7 Å². The lowest BCUT2D eigenvalue weighted by Gasteiger charge is -2.20. The second-order valence-electron chi connectivity index (χ2n) is 6.49. The SMILES string of the molecule is CSc1cccc2sc(N(Cc3ccccc3)C(=O)c3cccc([N+](=O)[O-])c3)nc12. The number of para-hydroxylation sites is 1. The van der Waals surface area contributed by atoms with Gasteiger partial charge in [-0.15, -0.1) is 11.8 Å². The second-order valence-corrected chi connectivity index (χ2v) is 8.34. The van der Waals surface area contributed by atoms with E-state index in [4.69, 9.17) is 4.98 Å². The molecule has 1 heterocycles. The molecule has 150 valence electrons. The third kappa shape index (κ3) is 4.05. The maximum absolute atomic E-state index is 13.4. The van der Waals surface area contributed by atoms with Crippen LogP contribution in [0.5, 0.6) is 0 Å². The number of carbonyl (C=O) groups is 1. The first kappa shape index (κ1) is 20.1. The van der Waals surface area contributed by atoms with E-state index in [1.165, 1.54) is 29.5 Å². The number of nitrogens with zero attached hydrogens (tertiary/aromatic N) is 3. The number of fused-ring (bicyclic) bond motifs is 1. The number of thioether (sulfide) groups is 1. The number of rotatable bonds is 6. The van der Waals surface area contributed by atoms with Crippen LogP contribution in [0.4, 0.5) is 10.8 Å². The molecule has 8 heteroatoms. The highest BCUT2D eigenvalue weighted by atomic mass is 32.2. The van der Waals surface area contributed by atoms with Crippen LogP contribution in [0.25, 0.3) is 10.2 Å². The van der Waals surface area contributed by atoms with Crippen molar-refractivity contribution in [3.63, 3.8) is 0 Å². The average molecular weight is 436 g/mol. The summed E-state index contributed by atoms with van der Waals surface area (Å²) in [5.74, 6) is -0.327. The predicted octanol–water partition coefficient (Wildman–Crippen LogP) is 5.77. The Morgan fingerprint density at radius 3 is 2.60 bits per heavy atom. The number of carbonyl (C=O) groups excluding carboxylic acids is 1. The number of nitro benzene ring substituents is 1. The minimum atomic E-state index is -0.499. The highest BCUT2D eigenvalue weighted by Crippen LogP contribution is 2.35. The fraction of sp³-hybridized carbons (Fsp3) is 0.0909. The highest BCUT2D eigenvalue weighted by Gasteiger charge is 2.23. The summed E-state index contributed by atoms with van der Waals surface area (Å²) >= 11 is 3.04. The van der Waals surface area contributed by atoms with Crippen LogP contribution < -0.4 is 4.90 Å². The third-order valence-corrected chi connectivity index (χ3v) is 6.37. The van der Waals surface area contributed by atoms with Gasteiger partial charge in [-0.2, -0.15) is 0 Å². The summed E-state index contributed by atoms with van der Waals surface area (Å²) in [5, 5.41) is 11.7. The molecule has 0 aliphatic rings. The summed E-state index contributed by atoms with van der Waals surface area (Å²) in [6.07, 6.45) is 1.99. The standard InChI is InChI=1S/C22H17N3O3S2/c1-29-18-11-6-12-19-20(18)23-22(30-19)24(14-15-7-3-2-4-8-15)21(26)16-9-5-10-17(13-16)25(27)28/h2-13H,14H2,1H3. The van der Waals surface area contributed by atoms with Crippen LogP contribution in [0.15, 0.2) is 77.7 Å². The Hall–Kier alpha value is -3.23. The Balaban J connectivity index is 1.79. The second kappa shape index (κ2) is 8.64. The van der Waals surface area contributed by atoms with E-state index in [1.807, 2.05) is 54.8 Å². The molecule has 0 aliphatic heterocycles. The zero-order chi connectivity index (χ0) is 21.1. The van der Waals surface area contributed by atoms with Crippen molar-refractivity contribution < 1.29 is 9.72 Å². The minimum absolute atomic E-state index is 0.116. The van der Waals surface area contributed by atoms with E-state index in [0.717, 1.165) is 20.7 Å². The number of anilines is 1. The summed E-state index contributed by atoms with van der Waals surface area (Å²) in [6, 6.07) is 21.4. The van der Waals surface area contributed by atoms with Crippen LogP contribution in [-0.2, 0) is 6.54 Å². The van der Waals surface area contributed by atoms with Crippen molar-refractivity contribution in [3.05, 3.63) is 94.0 Å². The molecule has 4 aromatic rings. The number of hydrogen-bond donors (Lipinski definition) is 0. The zero-order valence-corrected chi connectivity index (χ0v) is 17.7. The molecule has 1 aromatic heterocycles. The largest absolute Gasteiger partial charge is 0.279 e. The maximum Gasteiger partial charge on any atom is 0.270 e. The van der Waals surface area contributed by atoms with E-state index < -0.39 is 4.92 Å². The number of nitro groups is 1. The van der Waals surface area contributed by atoms with Crippen LogP contribution in [0.2, 0.25) is 0 Å². The van der Waals surface area contributed by atoms with E-state index in [1.54, 1.807) is 22.7 Å². The summed E-state index contributed by atoms with van der Waals surface area (Å²) < 4.78 is 0.988. The molecular weight excluding hydrogens is 418 g/mol. The number of hydrogen-bond acceptors (Lipinski definition) is 6. The smallest absolute Gasteiger partial charge is 0.270 e. The number of non-ortho nitro benzene ring substituents is 1. The molecule has 0 spiro atoms. The van der Waals surface area contributed by atoms with Crippen molar-refractivity contribution in [2.24, 2.45) is 0 Å². The fourth-order valence-corrected chi connectivity index (χ4v) is 4.71. The minimum Gasteiger partial charge on any atom is -0.279 e. The molecule has 0 radical (unpaired) electrons. The number of benzene rings is 3. The predicted molar refractivity (Wildman–Crippen MR) is 121 cm³/mol. The molecule has 0 atom stereocenters. The van der Waals surface area contributed by atoms with Gasteiger partial charge in [-0.25, -0.2) is 4.98 Å². The Bertz CT molecular complexity index is 1220. The Morgan fingerprint density at radius 1 is 1.10 bits per heavy atom. The van der Waals surface area contributed by atoms with Crippen molar-refractivity contribution in [1.29, 1.82) is 0 Å². The van der Waals surface area contributed by atoms with Gasteiger partial charge in [-0.3, -0.25) is 19.8 Å². The van der Waals surface area contributed by atoms with Crippen LogP contribution in [0.3, 0.4) is 0 Å². The molecule has 0 bridgehead atoms. The summed E-state index contributed by atoms with van der Waals surface area (Å²) in [6.45, 7) is 0.316. The lowest BCUT2D eigenvalue weighted by Crippen LogP contribution is -2.30. The number of aromatic nitrogens is 1. The normalized spacial score (nSPS) is 10.8. The summed E-state index contributed by atoms with van der Waals surface area (Å²) in [5.41, 5.74) is 1.94. The van der Waals surface area contributed by atoms with Gasteiger partial charge in [0.1, 0.15) is 0 Å². The first-order chi connectivity index (χ1) is 14.6. The molecular formula is C22H17N3O3S2. The van der Waals surface area contributed by atoms with Gasteiger partial charge < -0.3 is 0 Å². The van der Waals surface area contributed by atoms with Gasteiger partial charge in [0.25, 0.3) is 11.6 Å². The number of amides is 1. The number of thiazole rings is 1. The van der Waals surface area contributed by atoms with Crippen LogP contribution >= 0.6 is 23.1 Å². The zero-order valence-electron chi connectivity index (χ0n) is 16.0. The highest BCUT2D eigenvalue weighted by molar-refractivity contribution is 7.98. The Morgan fingerprint density at radius 2 is 1.87 bits per heavy atom. The molecule has 4 rings (SSSR count). The average Bonchev–Trinajstić information content (AvgIpc) is 3.22. The van der Waals surface area contributed by atoms with E-state index in [-0.39, 0.29) is 17.2 Å². The van der Waals surface area contributed by atoms with Gasteiger partial charge in [0, 0.05) is 22.6 Å². The van der Waals surface area contributed by atoms with Crippen molar-refractivity contribution >= 4 is 50.0 Å². The molecule has 6 nitrogen and oxygen atoms in total. The van der Waals surface area contributed by atoms with Crippen LogP contribution in [-0.4, -0.2) is 22.1 Å². The van der Waals surface area contributed by atoms with Crippen LogP contribution in [0, 0.1) is 10.1 Å². The van der Waals surface area contributed by atoms with Gasteiger partial charge in [0.2, 0.25) is 0 Å². The first-order valence-electron chi connectivity index (χ1n) is 9.10. The van der Waals surface area contributed by atoms with E-state index in [9.17, 15) is 14.9 Å². The van der Waals surface area contributed by atoms with Gasteiger partial charge in [0.05, 0.1) is 21.7 Å². The molecule has 30 heavy (non-hydrogen) atoms. The van der Waals surface area contributed by atoms with Gasteiger partial charge in [-0.05, 0) is 30.0 Å². The van der Waals surface area contributed by atoms with Crippen molar-refractivity contribution in [1.82, 2.24) is 4.98 Å². The van der Waals surface area contributed by atoms with Gasteiger partial charge in [-0.1, -0.05) is 53.8 Å². The molecule has 0 saturated heterocycles. The van der Waals surface area contributed by atoms with Gasteiger partial charge >= 0.3 is 0 Å². The summed E-state index contributed by atoms with van der Waals surface area (Å²) in [7, 11) is 0. The molecule has 0 N–H and O–H groups in total. The molecule has 1 amide bonds. The summed E-state index contributed by atoms with van der Waals surface area (Å²) in [4.78, 5) is 31.5. The van der Waals surface area contributed by atoms with Crippen molar-refractivity contribution in [2.45, 2.75) is 11.4 Å². The first-order valence-corrected chi connectivity index (χ1v) is 11.1. The molecule has 3 aromatic carbocycles. The third-order valence-electron chi connectivity index (χ3n) is 4.55. The van der Waals surface area contributed by atoms with Crippen LogP contribution in [0.1, 0.15) is 15.9 Å². The monoisotopic (exact) mass is 435 g/mol. The van der Waals surface area contributed by atoms with Gasteiger partial charge in [0.15, 0.2) is 5.13 Å². The molecule has 0 saturated carbocycles. The van der Waals surface area contributed by atoms with Crippen molar-refractivity contribution in [3.8, 4) is 0 Å². The maximum atomic E-state index is 13.4. The Kier molecular flexibility index (Phi) is 5.78. The van der Waals surface area contributed by atoms with E-state index in [2.05, 4.69) is 0 Å². The quantitative estimate of drug-likeness (QED) is 0.218. The lowest BCUT2D eigenvalue weighted by atomic mass is 10.1. The topological polar surface area (TPSA) is 76.3 Å².